The molecule has 0 fully saturated rings. The Morgan fingerprint density at radius 3 is 2.70 bits per heavy atom. The van der Waals surface area contributed by atoms with Gasteiger partial charge in [-0.2, -0.15) is 0 Å². The smallest absolute Gasteiger partial charge is 0.139 e. The summed E-state index contributed by atoms with van der Waals surface area (Å²) in [5, 5.41) is 0. The maximum Gasteiger partial charge on any atom is 0.139 e. The Kier molecular flexibility index (Phi) is 2.75. The second-order valence-electron chi connectivity index (χ2n) is 2.02. The van der Waals surface area contributed by atoms with Crippen molar-refractivity contribution in [3.05, 3.63) is 29.8 Å². The van der Waals surface area contributed by atoms with Crippen LogP contribution in [0.5, 0.6) is 0 Å². The summed E-state index contributed by atoms with van der Waals surface area (Å²) in [4.78, 5) is 1.03. The summed E-state index contributed by atoms with van der Waals surface area (Å²) in [6.45, 7) is 1.98. The van der Waals surface area contributed by atoms with E-state index in [2.05, 4.69) is 0 Å². The number of rotatable bonds is 2. The third-order valence-corrected chi connectivity index (χ3v) is 2.18. The van der Waals surface area contributed by atoms with Crippen molar-refractivity contribution in [2.24, 2.45) is 0 Å². The molecule has 0 atom stereocenters. The molecule has 2 heteroatoms. The number of benzene rings is 1. The first-order valence-corrected chi connectivity index (χ1v) is 4.07. The number of hydrogen-bond acceptors (Lipinski definition) is 1. The average Bonchev–Trinajstić information content (AvgIpc) is 1.94. The lowest BCUT2D eigenvalue weighted by atomic mass is 10.2. The lowest BCUT2D eigenvalue weighted by molar-refractivity contribution is 0.605. The molecule has 0 bridgehead atoms. The lowest BCUT2D eigenvalue weighted by Gasteiger charge is -1.99. The third-order valence-electron chi connectivity index (χ3n) is 1.30. The molecule has 0 aliphatic heterocycles. The largest absolute Gasteiger partial charge is 0.239 e. The highest BCUT2D eigenvalue weighted by atomic mass is 32.2. The minimum absolute atomic E-state index is 0.342. The fraction of sp³-hybridized carbons (Fsp3) is 0.250. The molecule has 0 N–H and O–H groups in total. The van der Waals surface area contributed by atoms with E-state index in [4.69, 9.17) is 0 Å². The summed E-state index contributed by atoms with van der Waals surface area (Å²) in [5.41, 5.74) is 1.14. The Hall–Kier alpha value is -0.500. The van der Waals surface area contributed by atoms with Crippen molar-refractivity contribution in [1.29, 1.82) is 0 Å². The summed E-state index contributed by atoms with van der Waals surface area (Å²) in [6.07, 6.45) is 0. The Morgan fingerprint density at radius 2 is 2.10 bits per heavy atom. The summed E-state index contributed by atoms with van der Waals surface area (Å²) >= 11 is 1.24. The van der Waals surface area contributed by atoms with E-state index in [1.54, 1.807) is 0 Å². The SMILES string of the molecule is Cc1ccccc1SCF. The highest BCUT2D eigenvalue weighted by Gasteiger charge is 1.94. The molecule has 0 unspecified atom stereocenters. The van der Waals surface area contributed by atoms with E-state index in [1.807, 2.05) is 31.2 Å². The Balaban J connectivity index is 2.81. The zero-order valence-corrected chi connectivity index (χ0v) is 6.62. The second kappa shape index (κ2) is 3.62. The van der Waals surface area contributed by atoms with Crippen molar-refractivity contribution >= 4 is 11.8 Å². The lowest BCUT2D eigenvalue weighted by Crippen LogP contribution is -1.76. The van der Waals surface area contributed by atoms with Crippen molar-refractivity contribution in [2.45, 2.75) is 11.8 Å². The molecule has 10 heavy (non-hydrogen) atoms. The van der Waals surface area contributed by atoms with E-state index in [1.165, 1.54) is 11.8 Å². The molecule has 0 aromatic heterocycles. The van der Waals surface area contributed by atoms with Crippen LogP contribution in [0.3, 0.4) is 0 Å². The van der Waals surface area contributed by atoms with Crippen LogP contribution in [0.2, 0.25) is 0 Å². The van der Waals surface area contributed by atoms with Crippen molar-refractivity contribution in [3.8, 4) is 0 Å². The molecule has 1 rings (SSSR count). The van der Waals surface area contributed by atoms with Gasteiger partial charge in [-0.3, -0.25) is 0 Å². The first kappa shape index (κ1) is 7.61. The van der Waals surface area contributed by atoms with Gasteiger partial charge in [0.05, 0.1) is 0 Å². The van der Waals surface area contributed by atoms with Gasteiger partial charge in [-0.15, -0.1) is 0 Å². The molecule has 0 radical (unpaired) electrons. The molecule has 1 aromatic rings. The average molecular weight is 156 g/mol. The Morgan fingerprint density at radius 1 is 1.40 bits per heavy atom. The predicted molar refractivity (Wildman–Crippen MR) is 43.0 cm³/mol. The van der Waals surface area contributed by atoms with Crippen molar-refractivity contribution in [2.75, 3.05) is 6.01 Å². The number of thioether (sulfide) groups is 1. The van der Waals surface area contributed by atoms with Crippen LogP contribution in [-0.2, 0) is 0 Å². The number of alkyl halides is 1. The molecule has 54 valence electrons. The first-order valence-electron chi connectivity index (χ1n) is 3.09. The maximum atomic E-state index is 11.8. The molecule has 1 aromatic carbocycles. The predicted octanol–water partition coefficient (Wildman–Crippen LogP) is 3.01. The topological polar surface area (TPSA) is 0 Å². The molecular weight excluding hydrogens is 147 g/mol. The van der Waals surface area contributed by atoms with E-state index >= 15 is 0 Å². The minimum Gasteiger partial charge on any atom is -0.239 e. The highest BCUT2D eigenvalue weighted by Crippen LogP contribution is 2.21. The van der Waals surface area contributed by atoms with Gasteiger partial charge in [0.2, 0.25) is 0 Å². The second-order valence-corrected chi connectivity index (χ2v) is 2.97. The summed E-state index contributed by atoms with van der Waals surface area (Å²) in [5.74, 6) is 0. The van der Waals surface area contributed by atoms with Crippen LogP contribution < -0.4 is 0 Å². The molecule has 0 saturated heterocycles. The van der Waals surface area contributed by atoms with Crippen LogP contribution in [0, 0.1) is 6.92 Å². The number of aryl methyl sites for hydroxylation is 1. The maximum absolute atomic E-state index is 11.8. The van der Waals surface area contributed by atoms with Crippen LogP contribution >= 0.6 is 11.8 Å². The molecule has 0 aliphatic rings. The van der Waals surface area contributed by atoms with Gasteiger partial charge in [0.25, 0.3) is 0 Å². The zero-order chi connectivity index (χ0) is 7.40. The van der Waals surface area contributed by atoms with Crippen molar-refractivity contribution < 1.29 is 4.39 Å². The van der Waals surface area contributed by atoms with Gasteiger partial charge in [-0.1, -0.05) is 30.0 Å². The van der Waals surface area contributed by atoms with Gasteiger partial charge < -0.3 is 0 Å². The van der Waals surface area contributed by atoms with E-state index < -0.39 is 0 Å². The van der Waals surface area contributed by atoms with E-state index in [0.717, 1.165) is 10.5 Å². The zero-order valence-electron chi connectivity index (χ0n) is 5.80. The molecule has 0 heterocycles. The molecule has 0 nitrogen and oxygen atoms in total. The molecule has 0 saturated carbocycles. The standard InChI is InChI=1S/C8H9FS/c1-7-4-2-3-5-8(7)10-6-9/h2-5H,6H2,1H3. The van der Waals surface area contributed by atoms with Crippen LogP contribution in [0.1, 0.15) is 5.56 Å². The van der Waals surface area contributed by atoms with E-state index in [9.17, 15) is 4.39 Å². The Bertz CT molecular complexity index is 210. The van der Waals surface area contributed by atoms with Gasteiger partial charge in [0.15, 0.2) is 0 Å². The van der Waals surface area contributed by atoms with Crippen LogP contribution in [0.25, 0.3) is 0 Å². The molecule has 0 aliphatic carbocycles. The number of halogens is 1. The van der Waals surface area contributed by atoms with Gasteiger partial charge in [-0.25, -0.2) is 4.39 Å². The number of hydrogen-bond donors (Lipinski definition) is 0. The summed E-state index contributed by atoms with van der Waals surface area (Å²) in [7, 11) is 0. The first-order chi connectivity index (χ1) is 4.84. The van der Waals surface area contributed by atoms with Crippen LogP contribution in [0.15, 0.2) is 29.2 Å². The fourth-order valence-corrected chi connectivity index (χ4v) is 1.37. The van der Waals surface area contributed by atoms with Crippen LogP contribution in [0.4, 0.5) is 4.39 Å². The van der Waals surface area contributed by atoms with E-state index in [-0.39, 0.29) is 6.01 Å². The third kappa shape index (κ3) is 1.74. The highest BCUT2D eigenvalue weighted by molar-refractivity contribution is 7.99. The fourth-order valence-electron chi connectivity index (χ4n) is 0.777. The molecular formula is C8H9FS. The monoisotopic (exact) mass is 156 g/mol. The van der Waals surface area contributed by atoms with Gasteiger partial charge in [0.1, 0.15) is 6.01 Å². The minimum atomic E-state index is -0.342. The van der Waals surface area contributed by atoms with E-state index in [0.29, 0.717) is 0 Å². The van der Waals surface area contributed by atoms with Gasteiger partial charge in [0, 0.05) is 4.90 Å². The van der Waals surface area contributed by atoms with Crippen molar-refractivity contribution in [3.63, 3.8) is 0 Å². The van der Waals surface area contributed by atoms with Gasteiger partial charge in [-0.05, 0) is 18.6 Å². The normalized spacial score (nSPS) is 9.80. The Labute approximate surface area is 64.4 Å². The van der Waals surface area contributed by atoms with Gasteiger partial charge >= 0.3 is 0 Å². The quantitative estimate of drug-likeness (QED) is 0.593. The van der Waals surface area contributed by atoms with Crippen molar-refractivity contribution in [1.82, 2.24) is 0 Å². The molecule has 0 amide bonds. The molecule has 0 spiro atoms. The van der Waals surface area contributed by atoms with Crippen LogP contribution in [-0.4, -0.2) is 6.01 Å². The summed E-state index contributed by atoms with van der Waals surface area (Å²) in [6, 6.07) is 7.45. The summed E-state index contributed by atoms with van der Waals surface area (Å²) < 4.78 is 11.8.